The maximum Gasteiger partial charge on any atom is 0.408 e. The molecule has 1 aliphatic heterocycles. The van der Waals surface area contributed by atoms with E-state index >= 15 is 0 Å². The number of fused-ring (bicyclic) bond motifs is 1. The maximum absolute atomic E-state index is 12.9. The lowest BCUT2D eigenvalue weighted by molar-refractivity contribution is 0.0522. The zero-order chi connectivity index (χ0) is 26.7. The molecule has 4 aromatic rings. The van der Waals surface area contributed by atoms with Crippen LogP contribution in [0.4, 0.5) is 10.5 Å². The van der Waals surface area contributed by atoms with Crippen LogP contribution in [0.2, 0.25) is 0 Å². The predicted molar refractivity (Wildman–Crippen MR) is 142 cm³/mol. The van der Waals surface area contributed by atoms with Gasteiger partial charge in [-0.15, -0.1) is 0 Å². The Labute approximate surface area is 219 Å². The minimum absolute atomic E-state index is 0.155. The lowest BCUT2D eigenvalue weighted by Gasteiger charge is -2.19. The molecule has 0 radical (unpaired) electrons. The van der Waals surface area contributed by atoms with E-state index < -0.39 is 11.7 Å². The van der Waals surface area contributed by atoms with E-state index in [9.17, 15) is 9.59 Å². The third-order valence-electron chi connectivity index (χ3n) is 5.75. The summed E-state index contributed by atoms with van der Waals surface area (Å²) in [5.41, 5.74) is 4.28. The number of benzene rings is 2. The molecule has 3 N–H and O–H groups in total. The lowest BCUT2D eigenvalue weighted by Crippen LogP contribution is -2.32. The molecule has 3 heterocycles. The van der Waals surface area contributed by atoms with E-state index in [-0.39, 0.29) is 12.5 Å². The third kappa shape index (κ3) is 5.97. The highest BCUT2D eigenvalue weighted by Crippen LogP contribution is 2.30. The van der Waals surface area contributed by atoms with Crippen LogP contribution >= 0.6 is 0 Å². The standard InChI is InChI=1S/C28H28N6O4/c1-28(2,3)38-27(36)30-16-24-32-25(34-33-24)17-4-7-22(8-5-17)31-26(35)21-13-20(14-29-15-21)18-6-9-23-19(12-18)10-11-37-23/h4-9,12-15H,10-11,16H2,1-3H3,(H,30,36)(H,31,35)(H,32,33,34). The summed E-state index contributed by atoms with van der Waals surface area (Å²) in [6.45, 7) is 6.24. The Morgan fingerprint density at radius 3 is 2.61 bits per heavy atom. The van der Waals surface area contributed by atoms with Crippen molar-refractivity contribution in [1.82, 2.24) is 25.5 Å². The number of pyridine rings is 1. The molecule has 0 atom stereocenters. The van der Waals surface area contributed by atoms with Crippen molar-refractivity contribution in [2.24, 2.45) is 0 Å². The van der Waals surface area contributed by atoms with Gasteiger partial charge in [-0.3, -0.25) is 14.9 Å². The summed E-state index contributed by atoms with van der Waals surface area (Å²) in [7, 11) is 0. The van der Waals surface area contributed by atoms with Gasteiger partial charge in [-0.2, -0.15) is 5.10 Å². The summed E-state index contributed by atoms with van der Waals surface area (Å²) < 4.78 is 10.8. The van der Waals surface area contributed by atoms with Gasteiger partial charge in [-0.05, 0) is 74.4 Å². The van der Waals surface area contributed by atoms with Gasteiger partial charge in [0.15, 0.2) is 5.82 Å². The number of nitrogens with zero attached hydrogens (tertiary/aromatic N) is 3. The summed E-state index contributed by atoms with van der Waals surface area (Å²) >= 11 is 0. The highest BCUT2D eigenvalue weighted by atomic mass is 16.6. The molecule has 10 nitrogen and oxygen atoms in total. The van der Waals surface area contributed by atoms with Crippen molar-refractivity contribution in [3.05, 3.63) is 77.9 Å². The van der Waals surface area contributed by atoms with E-state index in [0.717, 1.165) is 34.4 Å². The summed E-state index contributed by atoms with van der Waals surface area (Å²) in [5.74, 6) is 1.62. The monoisotopic (exact) mass is 512 g/mol. The fourth-order valence-corrected chi connectivity index (χ4v) is 3.97. The van der Waals surface area contributed by atoms with Gasteiger partial charge in [-0.25, -0.2) is 9.78 Å². The van der Waals surface area contributed by atoms with Crippen LogP contribution in [0, 0.1) is 0 Å². The number of amides is 2. The molecule has 5 rings (SSSR count). The Hall–Kier alpha value is -4.73. The van der Waals surface area contributed by atoms with E-state index in [2.05, 4.69) is 36.9 Å². The topological polar surface area (TPSA) is 131 Å². The van der Waals surface area contributed by atoms with Crippen LogP contribution in [0.3, 0.4) is 0 Å². The highest BCUT2D eigenvalue weighted by molar-refractivity contribution is 6.04. The molecular weight excluding hydrogens is 484 g/mol. The Morgan fingerprint density at radius 2 is 1.82 bits per heavy atom. The van der Waals surface area contributed by atoms with Crippen molar-refractivity contribution >= 4 is 17.7 Å². The van der Waals surface area contributed by atoms with Gasteiger partial charge in [0, 0.05) is 35.6 Å². The summed E-state index contributed by atoms with van der Waals surface area (Å²) in [6, 6.07) is 15.0. The molecule has 2 aromatic heterocycles. The summed E-state index contributed by atoms with van der Waals surface area (Å²) in [6.07, 6.45) is 3.64. The normalized spacial score (nSPS) is 12.4. The zero-order valence-corrected chi connectivity index (χ0v) is 21.4. The Kier molecular flexibility index (Phi) is 6.78. The smallest absolute Gasteiger partial charge is 0.408 e. The quantitative estimate of drug-likeness (QED) is 0.340. The number of alkyl carbamates (subject to hydrolysis) is 1. The second-order valence-corrected chi connectivity index (χ2v) is 9.88. The van der Waals surface area contributed by atoms with Gasteiger partial charge in [0.05, 0.1) is 18.7 Å². The van der Waals surface area contributed by atoms with Crippen molar-refractivity contribution in [1.29, 1.82) is 0 Å². The second kappa shape index (κ2) is 10.3. The van der Waals surface area contributed by atoms with E-state index in [1.165, 1.54) is 0 Å². The first kappa shape index (κ1) is 24.9. The van der Waals surface area contributed by atoms with Crippen LogP contribution in [-0.4, -0.2) is 44.4 Å². The van der Waals surface area contributed by atoms with Gasteiger partial charge >= 0.3 is 6.09 Å². The number of anilines is 1. The Bertz CT molecular complexity index is 1470. The summed E-state index contributed by atoms with van der Waals surface area (Å²) in [5, 5.41) is 12.6. The van der Waals surface area contributed by atoms with Gasteiger partial charge in [0.2, 0.25) is 0 Å². The van der Waals surface area contributed by atoms with E-state index in [0.29, 0.717) is 29.5 Å². The number of aromatic amines is 1. The van der Waals surface area contributed by atoms with Crippen LogP contribution < -0.4 is 15.4 Å². The predicted octanol–water partition coefficient (Wildman–Crippen LogP) is 4.75. The maximum atomic E-state index is 12.9. The van der Waals surface area contributed by atoms with E-state index in [1.54, 1.807) is 45.3 Å². The molecule has 0 fully saturated rings. The van der Waals surface area contributed by atoms with Crippen LogP contribution in [0.5, 0.6) is 5.75 Å². The van der Waals surface area contributed by atoms with Crippen molar-refractivity contribution in [2.45, 2.75) is 39.3 Å². The number of hydrogen-bond acceptors (Lipinski definition) is 7. The number of H-pyrrole nitrogens is 1. The van der Waals surface area contributed by atoms with Crippen molar-refractivity contribution < 1.29 is 19.1 Å². The fraction of sp³-hybridized carbons (Fsp3) is 0.250. The largest absolute Gasteiger partial charge is 0.493 e. The molecule has 0 aliphatic carbocycles. The highest BCUT2D eigenvalue weighted by Gasteiger charge is 2.17. The average Bonchev–Trinajstić information content (AvgIpc) is 3.56. The van der Waals surface area contributed by atoms with E-state index in [1.807, 2.05) is 30.3 Å². The average molecular weight is 513 g/mol. The Morgan fingerprint density at radius 1 is 1.03 bits per heavy atom. The molecule has 0 saturated heterocycles. The molecule has 0 bridgehead atoms. The number of ether oxygens (including phenoxy) is 2. The minimum atomic E-state index is -0.579. The van der Waals surface area contributed by atoms with Crippen molar-refractivity contribution in [3.8, 4) is 28.3 Å². The SMILES string of the molecule is CC(C)(C)OC(=O)NCc1nc(-c2ccc(NC(=O)c3cncc(-c4ccc5c(c4)CCO5)c3)cc2)n[nH]1. The molecule has 38 heavy (non-hydrogen) atoms. The van der Waals surface area contributed by atoms with Gasteiger partial charge in [-0.1, -0.05) is 6.07 Å². The zero-order valence-electron chi connectivity index (χ0n) is 21.4. The number of aromatic nitrogens is 4. The molecule has 0 saturated carbocycles. The second-order valence-electron chi connectivity index (χ2n) is 9.88. The minimum Gasteiger partial charge on any atom is -0.493 e. The molecule has 2 amide bonds. The van der Waals surface area contributed by atoms with Crippen LogP contribution in [0.15, 0.2) is 60.9 Å². The van der Waals surface area contributed by atoms with Crippen LogP contribution in [0.25, 0.3) is 22.5 Å². The molecule has 0 unspecified atom stereocenters. The van der Waals surface area contributed by atoms with Crippen LogP contribution in [-0.2, 0) is 17.7 Å². The molecule has 194 valence electrons. The van der Waals surface area contributed by atoms with Crippen molar-refractivity contribution in [2.75, 3.05) is 11.9 Å². The Balaban J connectivity index is 1.20. The third-order valence-corrected chi connectivity index (χ3v) is 5.75. The number of carbonyl (C=O) groups excluding carboxylic acids is 2. The van der Waals surface area contributed by atoms with E-state index in [4.69, 9.17) is 9.47 Å². The van der Waals surface area contributed by atoms with Gasteiger partial charge in [0.25, 0.3) is 5.91 Å². The molecule has 0 spiro atoms. The number of rotatable bonds is 6. The first-order valence-electron chi connectivity index (χ1n) is 12.2. The van der Waals surface area contributed by atoms with Gasteiger partial charge < -0.3 is 20.1 Å². The molecule has 2 aromatic carbocycles. The molecular formula is C28H28N6O4. The number of nitrogens with one attached hydrogen (secondary N) is 3. The first-order valence-corrected chi connectivity index (χ1v) is 12.2. The number of carbonyl (C=O) groups is 2. The summed E-state index contributed by atoms with van der Waals surface area (Å²) in [4.78, 5) is 33.4. The van der Waals surface area contributed by atoms with Crippen molar-refractivity contribution in [3.63, 3.8) is 0 Å². The van der Waals surface area contributed by atoms with Crippen LogP contribution in [0.1, 0.15) is 42.5 Å². The molecule has 10 heteroatoms. The van der Waals surface area contributed by atoms with Gasteiger partial charge in [0.1, 0.15) is 17.2 Å². The fourth-order valence-electron chi connectivity index (χ4n) is 3.97. The lowest BCUT2D eigenvalue weighted by atomic mass is 10.0. The molecule has 1 aliphatic rings. The number of hydrogen-bond donors (Lipinski definition) is 3. The first-order chi connectivity index (χ1) is 18.2.